The Hall–Kier alpha value is -2.42. The third-order valence-corrected chi connectivity index (χ3v) is 6.19. The molecule has 0 saturated carbocycles. The van der Waals surface area contributed by atoms with Gasteiger partial charge in [-0.3, -0.25) is 19.3 Å². The lowest BCUT2D eigenvalue weighted by Crippen LogP contribution is -2.39. The number of nitrogens with zero attached hydrogens (tertiary/aromatic N) is 2. The van der Waals surface area contributed by atoms with E-state index < -0.39 is 5.97 Å². The van der Waals surface area contributed by atoms with Crippen LogP contribution >= 0.6 is 0 Å². The average molecular weight is 485 g/mol. The molecular weight excluding hydrogens is 440 g/mol. The minimum atomic E-state index is -0.583. The molecule has 0 unspecified atom stereocenters. The van der Waals surface area contributed by atoms with E-state index in [1.54, 1.807) is 6.08 Å². The SMILES string of the molecule is CC(=O)OCCCCCC[C@@H](OC(=O)[C@H](C)N(C)C)[C@H](C)[C@H](C)[C@H](C)/C=C/N(C=O)OC(C)=O. The highest BCUT2D eigenvalue weighted by Crippen LogP contribution is 2.29. The van der Waals surface area contributed by atoms with Gasteiger partial charge in [-0.25, -0.2) is 4.79 Å². The summed E-state index contributed by atoms with van der Waals surface area (Å²) in [4.78, 5) is 52.3. The lowest BCUT2D eigenvalue weighted by Gasteiger charge is -2.32. The van der Waals surface area contributed by atoms with Crippen LogP contribution in [0.15, 0.2) is 12.3 Å². The molecule has 196 valence electrons. The van der Waals surface area contributed by atoms with Crippen molar-refractivity contribution in [2.24, 2.45) is 17.8 Å². The first-order chi connectivity index (χ1) is 15.9. The predicted octanol–water partition coefficient (Wildman–Crippen LogP) is 3.72. The fourth-order valence-corrected chi connectivity index (χ4v) is 3.35. The molecule has 0 bridgehead atoms. The van der Waals surface area contributed by atoms with E-state index in [4.69, 9.17) is 14.3 Å². The van der Waals surface area contributed by atoms with E-state index in [9.17, 15) is 19.2 Å². The van der Waals surface area contributed by atoms with Crippen molar-refractivity contribution in [2.75, 3.05) is 20.7 Å². The zero-order valence-electron chi connectivity index (χ0n) is 22.1. The molecule has 0 spiro atoms. The molecule has 9 nitrogen and oxygen atoms in total. The highest BCUT2D eigenvalue weighted by atomic mass is 16.7. The van der Waals surface area contributed by atoms with E-state index in [0.717, 1.165) is 37.2 Å². The van der Waals surface area contributed by atoms with Crippen LogP contribution in [-0.4, -0.2) is 67.1 Å². The molecule has 0 saturated heterocycles. The van der Waals surface area contributed by atoms with Gasteiger partial charge < -0.3 is 14.3 Å². The molecule has 0 heterocycles. The normalized spacial score (nSPS) is 15.8. The smallest absolute Gasteiger partial charge is 0.329 e. The van der Waals surface area contributed by atoms with Crippen molar-refractivity contribution in [3.63, 3.8) is 0 Å². The number of hydrogen-bond acceptors (Lipinski definition) is 8. The molecule has 1 amide bonds. The number of carbonyl (C=O) groups excluding carboxylic acids is 4. The minimum absolute atomic E-state index is 0.0317. The molecule has 0 fully saturated rings. The van der Waals surface area contributed by atoms with Crippen LogP contribution in [0.5, 0.6) is 0 Å². The zero-order chi connectivity index (χ0) is 26.3. The van der Waals surface area contributed by atoms with Gasteiger partial charge in [0.1, 0.15) is 12.1 Å². The Kier molecular flexibility index (Phi) is 15.9. The number of likely N-dealkylation sites (N-methyl/N-ethyl adjacent to an activating group) is 1. The van der Waals surface area contributed by atoms with E-state index in [1.165, 1.54) is 20.0 Å². The Morgan fingerprint density at radius 1 is 0.882 bits per heavy atom. The van der Waals surface area contributed by atoms with Gasteiger partial charge in [0.2, 0.25) is 6.41 Å². The number of esters is 2. The first-order valence-corrected chi connectivity index (χ1v) is 12.0. The molecule has 0 aromatic heterocycles. The second-order valence-electron chi connectivity index (χ2n) is 9.12. The summed E-state index contributed by atoms with van der Waals surface area (Å²) in [5.74, 6) is -0.896. The summed E-state index contributed by atoms with van der Waals surface area (Å²) >= 11 is 0. The number of amides is 1. The topological polar surface area (TPSA) is 102 Å². The standard InChI is InChI=1S/C25H44N2O7/c1-18(14-15-27(17-28)34-23(6)30)19(2)20(3)24(33-25(31)21(4)26(7)8)13-11-9-10-12-16-32-22(5)29/h14-15,17-21,24H,9-13,16H2,1-8H3/b15-14+/t18-,19-,20-,21+,24-/m1/s1. The van der Waals surface area contributed by atoms with Crippen molar-refractivity contribution >= 4 is 24.3 Å². The average Bonchev–Trinajstić information content (AvgIpc) is 2.77. The van der Waals surface area contributed by atoms with Gasteiger partial charge in [0.05, 0.1) is 6.61 Å². The third kappa shape index (κ3) is 13.3. The molecule has 0 aliphatic rings. The molecule has 0 N–H and O–H groups in total. The zero-order valence-corrected chi connectivity index (χ0v) is 22.1. The molecule has 5 atom stereocenters. The van der Waals surface area contributed by atoms with E-state index in [-0.39, 0.29) is 41.8 Å². The first kappa shape index (κ1) is 31.6. The molecule has 9 heteroatoms. The number of rotatable bonds is 17. The van der Waals surface area contributed by atoms with E-state index in [0.29, 0.717) is 13.0 Å². The molecule has 0 aromatic carbocycles. The quantitative estimate of drug-likeness (QED) is 0.133. The van der Waals surface area contributed by atoms with Crippen molar-refractivity contribution in [3.8, 4) is 0 Å². The first-order valence-electron chi connectivity index (χ1n) is 12.0. The van der Waals surface area contributed by atoms with E-state index >= 15 is 0 Å². The largest absolute Gasteiger partial charge is 0.466 e. The van der Waals surface area contributed by atoms with Crippen molar-refractivity contribution in [1.29, 1.82) is 0 Å². The maximum Gasteiger partial charge on any atom is 0.329 e. The Bertz CT molecular complexity index is 666. The van der Waals surface area contributed by atoms with Crippen molar-refractivity contribution < 1.29 is 33.5 Å². The van der Waals surface area contributed by atoms with Gasteiger partial charge in [-0.2, -0.15) is 0 Å². The minimum Gasteiger partial charge on any atom is -0.466 e. The van der Waals surface area contributed by atoms with Crippen LogP contribution in [0.4, 0.5) is 0 Å². The lowest BCUT2D eigenvalue weighted by atomic mass is 9.80. The summed E-state index contributed by atoms with van der Waals surface area (Å²) < 4.78 is 10.9. The van der Waals surface area contributed by atoms with Gasteiger partial charge in [-0.1, -0.05) is 39.7 Å². The molecule has 0 radical (unpaired) electrons. The summed E-state index contributed by atoms with van der Waals surface area (Å²) in [6, 6.07) is -0.351. The monoisotopic (exact) mass is 484 g/mol. The molecule has 0 rings (SSSR count). The highest BCUT2D eigenvalue weighted by molar-refractivity contribution is 5.75. The van der Waals surface area contributed by atoms with Crippen molar-refractivity contribution in [2.45, 2.75) is 85.8 Å². The maximum absolute atomic E-state index is 12.7. The second-order valence-corrected chi connectivity index (χ2v) is 9.12. The van der Waals surface area contributed by atoms with Crippen LogP contribution in [0, 0.1) is 17.8 Å². The van der Waals surface area contributed by atoms with Crippen LogP contribution in [0.1, 0.15) is 73.6 Å². The fourth-order valence-electron chi connectivity index (χ4n) is 3.35. The Morgan fingerprint density at radius 2 is 1.50 bits per heavy atom. The van der Waals surface area contributed by atoms with Gasteiger partial charge in [-0.05, 0) is 58.0 Å². The lowest BCUT2D eigenvalue weighted by molar-refractivity contribution is -0.178. The van der Waals surface area contributed by atoms with Gasteiger partial charge in [-0.15, -0.1) is 5.06 Å². The summed E-state index contributed by atoms with van der Waals surface area (Å²) in [5, 5.41) is 0.836. The van der Waals surface area contributed by atoms with Gasteiger partial charge in [0.15, 0.2) is 0 Å². The van der Waals surface area contributed by atoms with Crippen LogP contribution < -0.4 is 0 Å². The summed E-state index contributed by atoms with van der Waals surface area (Å²) in [5.41, 5.74) is 0. The molecule has 0 aliphatic heterocycles. The van der Waals surface area contributed by atoms with Crippen molar-refractivity contribution in [3.05, 3.63) is 12.3 Å². The van der Waals surface area contributed by atoms with Crippen LogP contribution in [0.2, 0.25) is 0 Å². The number of carbonyl (C=O) groups is 4. The van der Waals surface area contributed by atoms with Gasteiger partial charge in [0.25, 0.3) is 0 Å². The van der Waals surface area contributed by atoms with E-state index in [1.807, 2.05) is 32.8 Å². The van der Waals surface area contributed by atoms with E-state index in [2.05, 4.69) is 13.8 Å². The van der Waals surface area contributed by atoms with Crippen molar-refractivity contribution in [1.82, 2.24) is 9.96 Å². The number of allylic oxidation sites excluding steroid dienone is 1. The number of hydroxylamine groups is 2. The molecule has 0 aliphatic carbocycles. The Balaban J connectivity index is 5.10. The molecule has 34 heavy (non-hydrogen) atoms. The fraction of sp³-hybridized carbons (Fsp3) is 0.760. The summed E-state index contributed by atoms with van der Waals surface area (Å²) in [6.07, 6.45) is 7.71. The predicted molar refractivity (Wildman–Crippen MR) is 129 cm³/mol. The highest BCUT2D eigenvalue weighted by Gasteiger charge is 2.30. The number of hydrogen-bond donors (Lipinski definition) is 0. The summed E-state index contributed by atoms with van der Waals surface area (Å²) in [6.45, 7) is 11.0. The number of ether oxygens (including phenoxy) is 2. The van der Waals surface area contributed by atoms with Crippen LogP contribution in [0.25, 0.3) is 0 Å². The second kappa shape index (κ2) is 17.1. The number of unbranched alkanes of at least 4 members (excludes halogenated alkanes) is 3. The maximum atomic E-state index is 12.7. The Labute approximate surface area is 204 Å². The Morgan fingerprint density at radius 3 is 2.03 bits per heavy atom. The molecule has 0 aromatic rings. The van der Waals surface area contributed by atoms with Crippen LogP contribution in [-0.2, 0) is 33.5 Å². The third-order valence-electron chi connectivity index (χ3n) is 6.19. The van der Waals surface area contributed by atoms with Gasteiger partial charge >= 0.3 is 17.9 Å². The van der Waals surface area contributed by atoms with Gasteiger partial charge in [0, 0.05) is 20.0 Å². The summed E-state index contributed by atoms with van der Waals surface area (Å²) in [7, 11) is 3.68. The molecular formula is C25H44N2O7. The van der Waals surface area contributed by atoms with Crippen LogP contribution in [0.3, 0.4) is 0 Å².